The van der Waals surface area contributed by atoms with Crippen molar-refractivity contribution in [2.24, 2.45) is 0 Å². The molecule has 0 fully saturated rings. The molecule has 1 N–H and O–H groups in total. The maximum absolute atomic E-state index is 11.2. The minimum absolute atomic E-state index is 0. The molecule has 7 nitrogen and oxygen atoms in total. The van der Waals surface area contributed by atoms with Crippen LogP contribution in [0.3, 0.4) is 0 Å². The number of carbonyl (C=O) groups excluding carboxylic acids is 1. The average Bonchev–Trinajstić information content (AvgIpc) is 2.33. The van der Waals surface area contributed by atoms with Crippen LogP contribution in [0, 0.1) is 0 Å². The van der Waals surface area contributed by atoms with Gasteiger partial charge < -0.3 is 23.8 Å². The Bertz CT molecular complexity index is 348. The number of phosphoric ester groups is 1. The molecule has 20 heavy (non-hydrogen) atoms. The molecule has 0 aliphatic heterocycles. The Morgan fingerprint density at radius 1 is 1.40 bits per heavy atom. The molecule has 0 heterocycles. The second kappa shape index (κ2) is 11.9. The molecule has 0 saturated heterocycles. The monoisotopic (exact) mass is 318 g/mol. The van der Waals surface area contributed by atoms with Crippen LogP contribution in [-0.4, -0.2) is 37.0 Å². The van der Waals surface area contributed by atoms with E-state index in [1.165, 1.54) is 6.92 Å². The Hall–Kier alpha value is 0.280. The first kappa shape index (κ1) is 22.6. The molecule has 0 radical (unpaired) electrons. The zero-order valence-corrected chi connectivity index (χ0v) is 15.1. The van der Waals surface area contributed by atoms with Gasteiger partial charge in [0.1, 0.15) is 12.7 Å². The number of rotatable bonds is 10. The standard InChI is InChI=1S/C11H21O7P.Na/c1-4-5-6-17-19(14,15)18-8-10(12)7-16-11(13)9(2)3;/h10,12H,2,4-8H2,1,3H3,(H,14,15);/q;+1/p-1. The van der Waals surface area contributed by atoms with Crippen molar-refractivity contribution < 1.29 is 62.7 Å². The van der Waals surface area contributed by atoms with Gasteiger partial charge in [0.05, 0.1) is 13.2 Å². The number of phosphoric acid groups is 1. The van der Waals surface area contributed by atoms with Crippen molar-refractivity contribution in [2.75, 3.05) is 19.8 Å². The number of ether oxygens (including phenoxy) is 1. The molecule has 0 amide bonds. The maximum atomic E-state index is 11.2. The van der Waals surface area contributed by atoms with Crippen molar-refractivity contribution in [3.8, 4) is 0 Å². The van der Waals surface area contributed by atoms with Crippen LogP contribution >= 0.6 is 7.82 Å². The van der Waals surface area contributed by atoms with Crippen LogP contribution < -0.4 is 34.5 Å². The van der Waals surface area contributed by atoms with Gasteiger partial charge in [0.2, 0.25) is 0 Å². The molecule has 0 aromatic heterocycles. The molecular formula is C11H20NaO7P. The topological polar surface area (TPSA) is 105 Å². The van der Waals surface area contributed by atoms with Gasteiger partial charge in [0, 0.05) is 5.57 Å². The summed E-state index contributed by atoms with van der Waals surface area (Å²) >= 11 is 0. The molecule has 0 saturated carbocycles. The van der Waals surface area contributed by atoms with Crippen molar-refractivity contribution in [2.45, 2.75) is 32.8 Å². The fourth-order valence-electron chi connectivity index (χ4n) is 0.878. The Morgan fingerprint density at radius 2 is 2.00 bits per heavy atom. The largest absolute Gasteiger partial charge is 1.00 e. The second-order valence-corrected chi connectivity index (χ2v) is 5.37. The van der Waals surface area contributed by atoms with E-state index in [9.17, 15) is 19.4 Å². The van der Waals surface area contributed by atoms with E-state index in [-0.39, 0.29) is 48.3 Å². The third-order valence-electron chi connectivity index (χ3n) is 1.93. The second-order valence-electron chi connectivity index (χ2n) is 3.96. The summed E-state index contributed by atoms with van der Waals surface area (Å²) in [7, 11) is -4.41. The zero-order chi connectivity index (χ0) is 14.9. The van der Waals surface area contributed by atoms with Crippen molar-refractivity contribution in [3.05, 3.63) is 12.2 Å². The number of esters is 1. The van der Waals surface area contributed by atoms with E-state index >= 15 is 0 Å². The fraction of sp³-hybridized carbons (Fsp3) is 0.727. The van der Waals surface area contributed by atoms with Crippen molar-refractivity contribution >= 4 is 13.8 Å². The molecule has 2 unspecified atom stereocenters. The number of unbranched alkanes of at least 4 members (excludes halogenated alkanes) is 1. The van der Waals surface area contributed by atoms with Crippen LogP contribution in [-0.2, 0) is 23.1 Å². The summed E-state index contributed by atoms with van der Waals surface area (Å²) in [5.41, 5.74) is 0.186. The van der Waals surface area contributed by atoms with Gasteiger partial charge in [0.15, 0.2) is 0 Å². The molecule has 0 aromatic carbocycles. The number of carbonyl (C=O) groups is 1. The van der Waals surface area contributed by atoms with Gasteiger partial charge in [-0.25, -0.2) is 4.79 Å². The molecule has 0 bridgehead atoms. The molecule has 112 valence electrons. The van der Waals surface area contributed by atoms with Crippen LogP contribution in [0.4, 0.5) is 0 Å². The third kappa shape index (κ3) is 12.1. The summed E-state index contributed by atoms with van der Waals surface area (Å²) in [5, 5.41) is 9.37. The normalized spacial score (nSPS) is 14.8. The fourth-order valence-corrected chi connectivity index (χ4v) is 1.66. The summed E-state index contributed by atoms with van der Waals surface area (Å²) in [6.07, 6.45) is 0.133. The van der Waals surface area contributed by atoms with E-state index in [1.54, 1.807) is 0 Å². The van der Waals surface area contributed by atoms with E-state index < -0.39 is 26.5 Å². The van der Waals surface area contributed by atoms with Crippen molar-refractivity contribution in [1.82, 2.24) is 0 Å². The predicted octanol–water partition coefficient (Wildman–Crippen LogP) is -2.23. The summed E-state index contributed by atoms with van der Waals surface area (Å²) < 4.78 is 24.8. The minimum Gasteiger partial charge on any atom is -0.756 e. The Kier molecular flexibility index (Phi) is 13.4. The van der Waals surface area contributed by atoms with E-state index in [0.717, 1.165) is 6.42 Å². The third-order valence-corrected chi connectivity index (χ3v) is 2.89. The zero-order valence-electron chi connectivity index (χ0n) is 12.2. The van der Waals surface area contributed by atoms with Gasteiger partial charge in [-0.05, 0) is 13.3 Å². The first-order valence-corrected chi connectivity index (χ1v) is 7.35. The molecular weight excluding hydrogens is 298 g/mol. The van der Waals surface area contributed by atoms with E-state index in [2.05, 4.69) is 20.4 Å². The maximum Gasteiger partial charge on any atom is 1.00 e. The van der Waals surface area contributed by atoms with E-state index in [0.29, 0.717) is 6.42 Å². The first-order chi connectivity index (χ1) is 8.78. The van der Waals surface area contributed by atoms with Gasteiger partial charge in [-0.15, -0.1) is 0 Å². The van der Waals surface area contributed by atoms with Crippen LogP contribution in [0.15, 0.2) is 12.2 Å². The Morgan fingerprint density at radius 3 is 2.50 bits per heavy atom. The number of aliphatic hydroxyl groups is 1. The SMILES string of the molecule is C=C(C)C(=O)OCC(O)COP(=O)([O-])OCCCC.[Na+]. The summed E-state index contributed by atoms with van der Waals surface area (Å²) in [4.78, 5) is 22.2. The van der Waals surface area contributed by atoms with Gasteiger partial charge in [-0.1, -0.05) is 19.9 Å². The molecule has 2 atom stereocenters. The van der Waals surface area contributed by atoms with Gasteiger partial charge >= 0.3 is 35.5 Å². The summed E-state index contributed by atoms with van der Waals surface area (Å²) in [6, 6.07) is 0. The molecule has 0 rings (SSSR count). The molecule has 0 aliphatic rings. The number of aliphatic hydroxyl groups excluding tert-OH is 1. The summed E-state index contributed by atoms with van der Waals surface area (Å²) in [6.45, 7) is 5.84. The predicted molar refractivity (Wildman–Crippen MR) is 66.2 cm³/mol. The van der Waals surface area contributed by atoms with Gasteiger partial charge in [0.25, 0.3) is 7.82 Å². The minimum atomic E-state index is -4.41. The molecule has 9 heteroatoms. The van der Waals surface area contributed by atoms with Crippen LogP contribution in [0.2, 0.25) is 0 Å². The Labute approximate surface area is 141 Å². The summed E-state index contributed by atoms with van der Waals surface area (Å²) in [5.74, 6) is -0.663. The Balaban J connectivity index is 0. The van der Waals surface area contributed by atoms with Crippen LogP contribution in [0.1, 0.15) is 26.7 Å². The molecule has 0 aliphatic carbocycles. The van der Waals surface area contributed by atoms with Crippen molar-refractivity contribution in [1.29, 1.82) is 0 Å². The average molecular weight is 318 g/mol. The van der Waals surface area contributed by atoms with Crippen LogP contribution in [0.25, 0.3) is 0 Å². The number of hydrogen-bond acceptors (Lipinski definition) is 7. The van der Waals surface area contributed by atoms with E-state index in [1.807, 2.05) is 6.92 Å². The smallest absolute Gasteiger partial charge is 0.756 e. The van der Waals surface area contributed by atoms with Gasteiger partial charge in [-0.3, -0.25) is 4.57 Å². The van der Waals surface area contributed by atoms with E-state index in [4.69, 9.17) is 0 Å². The first-order valence-electron chi connectivity index (χ1n) is 5.89. The molecule has 0 spiro atoms. The van der Waals surface area contributed by atoms with Crippen LogP contribution in [0.5, 0.6) is 0 Å². The van der Waals surface area contributed by atoms with Gasteiger partial charge in [-0.2, -0.15) is 0 Å². The van der Waals surface area contributed by atoms with Crippen molar-refractivity contribution in [3.63, 3.8) is 0 Å². The molecule has 0 aromatic rings. The quantitative estimate of drug-likeness (QED) is 0.160. The number of hydrogen-bond donors (Lipinski definition) is 1.